The molecule has 2 rings (SSSR count). The number of anilines is 3. The van der Waals surface area contributed by atoms with E-state index in [1.165, 1.54) is 5.56 Å². The Morgan fingerprint density at radius 1 is 1.14 bits per heavy atom. The van der Waals surface area contributed by atoms with Crippen LogP contribution in [0.4, 0.5) is 17.1 Å². The smallest absolute Gasteiger partial charge is 0.0836 e. The van der Waals surface area contributed by atoms with E-state index in [0.29, 0.717) is 0 Å². The number of pyridine rings is 1. The van der Waals surface area contributed by atoms with Crippen molar-refractivity contribution >= 4 is 17.1 Å². The topological polar surface area (TPSA) is 54.2 Å². The van der Waals surface area contributed by atoms with Gasteiger partial charge in [0, 0.05) is 11.9 Å². The zero-order valence-electron chi connectivity index (χ0n) is 13.1. The van der Waals surface area contributed by atoms with Gasteiger partial charge in [-0.15, -0.1) is 0 Å². The maximum atomic E-state index is 6.12. The Balaban J connectivity index is 2.15. The first-order valence-corrected chi connectivity index (χ1v) is 7.28. The molecule has 0 saturated heterocycles. The van der Waals surface area contributed by atoms with E-state index in [1.807, 2.05) is 6.07 Å². The molecule has 1 aromatic heterocycles. The second kappa shape index (κ2) is 7.09. The molecule has 0 fully saturated rings. The molecule has 0 bridgehead atoms. The molecule has 112 valence electrons. The molecule has 2 aromatic rings. The van der Waals surface area contributed by atoms with Gasteiger partial charge in [-0.1, -0.05) is 17.7 Å². The van der Waals surface area contributed by atoms with E-state index in [0.717, 1.165) is 42.1 Å². The van der Waals surface area contributed by atoms with Crippen LogP contribution in [0.5, 0.6) is 0 Å². The van der Waals surface area contributed by atoms with Crippen molar-refractivity contribution < 1.29 is 0 Å². The third-order valence-electron chi connectivity index (χ3n) is 3.40. The summed E-state index contributed by atoms with van der Waals surface area (Å²) in [5.74, 6) is 0. The Hall–Kier alpha value is -2.07. The maximum Gasteiger partial charge on any atom is 0.0836 e. The van der Waals surface area contributed by atoms with E-state index in [9.17, 15) is 0 Å². The number of nitrogens with zero attached hydrogens (tertiary/aromatic N) is 2. The van der Waals surface area contributed by atoms with Gasteiger partial charge >= 0.3 is 0 Å². The Morgan fingerprint density at radius 3 is 2.52 bits per heavy atom. The number of nitrogens with one attached hydrogen (secondary N) is 1. The van der Waals surface area contributed by atoms with Crippen molar-refractivity contribution in [3.8, 4) is 0 Å². The molecule has 0 aliphatic carbocycles. The van der Waals surface area contributed by atoms with Gasteiger partial charge in [0.25, 0.3) is 0 Å². The lowest BCUT2D eigenvalue weighted by Crippen LogP contribution is -2.14. The van der Waals surface area contributed by atoms with E-state index in [-0.39, 0.29) is 0 Å². The summed E-state index contributed by atoms with van der Waals surface area (Å²) in [6, 6.07) is 10.1. The molecule has 0 atom stereocenters. The number of benzene rings is 1. The fraction of sp³-hybridized carbons (Fsp3) is 0.353. The van der Waals surface area contributed by atoms with Gasteiger partial charge in [-0.25, -0.2) is 0 Å². The molecule has 0 aliphatic heterocycles. The lowest BCUT2D eigenvalue weighted by molar-refractivity contribution is 0.399. The minimum absolute atomic E-state index is 0.741. The Morgan fingerprint density at radius 2 is 1.86 bits per heavy atom. The predicted octanol–water partition coefficient (Wildman–Crippen LogP) is 3.21. The summed E-state index contributed by atoms with van der Waals surface area (Å²) < 4.78 is 0. The summed E-state index contributed by atoms with van der Waals surface area (Å²) in [6.45, 7) is 3.12. The summed E-state index contributed by atoms with van der Waals surface area (Å²) >= 11 is 0. The molecule has 0 spiro atoms. The predicted molar refractivity (Wildman–Crippen MR) is 90.0 cm³/mol. The quantitative estimate of drug-likeness (QED) is 0.855. The highest BCUT2D eigenvalue weighted by Gasteiger charge is 2.08. The Labute approximate surface area is 127 Å². The second-order valence-corrected chi connectivity index (χ2v) is 5.62. The van der Waals surface area contributed by atoms with Crippen LogP contribution in [0.2, 0.25) is 0 Å². The summed E-state index contributed by atoms with van der Waals surface area (Å²) in [6.07, 6.45) is 3.75. The first kappa shape index (κ1) is 15.3. The summed E-state index contributed by atoms with van der Waals surface area (Å²) in [7, 11) is 4.16. The van der Waals surface area contributed by atoms with Crippen LogP contribution in [-0.4, -0.2) is 30.5 Å². The zero-order chi connectivity index (χ0) is 15.2. The fourth-order valence-corrected chi connectivity index (χ4v) is 2.20. The minimum atomic E-state index is 0.741. The van der Waals surface area contributed by atoms with Crippen molar-refractivity contribution in [1.82, 2.24) is 9.88 Å². The Bertz CT molecular complexity index is 576. The van der Waals surface area contributed by atoms with Crippen molar-refractivity contribution in [2.75, 3.05) is 31.7 Å². The van der Waals surface area contributed by atoms with Gasteiger partial charge in [-0.05, 0) is 58.6 Å². The normalized spacial score (nSPS) is 10.9. The van der Waals surface area contributed by atoms with Crippen molar-refractivity contribution in [2.45, 2.75) is 19.8 Å². The standard InChI is InChI=1S/C17H24N4/c1-13-6-8-14(9-7-13)20-17-15(18)10-11-19-16(17)5-4-12-21(2)3/h6-11,20H,4-5,12H2,1-3H3,(H2,18,19). The van der Waals surface area contributed by atoms with Crippen LogP contribution >= 0.6 is 0 Å². The fourth-order valence-electron chi connectivity index (χ4n) is 2.20. The number of aryl methyl sites for hydroxylation is 2. The summed E-state index contributed by atoms with van der Waals surface area (Å²) in [4.78, 5) is 6.67. The molecule has 0 amide bonds. The summed E-state index contributed by atoms with van der Waals surface area (Å²) in [5.41, 5.74) is 11.1. The molecule has 1 aromatic carbocycles. The van der Waals surface area contributed by atoms with Crippen molar-refractivity contribution in [2.24, 2.45) is 0 Å². The maximum absolute atomic E-state index is 6.12. The molecule has 0 radical (unpaired) electrons. The van der Waals surface area contributed by atoms with E-state index < -0.39 is 0 Å². The molecule has 0 aliphatic rings. The highest BCUT2D eigenvalue weighted by Crippen LogP contribution is 2.26. The van der Waals surface area contributed by atoms with Crippen LogP contribution in [0.3, 0.4) is 0 Å². The van der Waals surface area contributed by atoms with Crippen molar-refractivity contribution in [1.29, 1.82) is 0 Å². The molecule has 0 unspecified atom stereocenters. The van der Waals surface area contributed by atoms with E-state index >= 15 is 0 Å². The van der Waals surface area contributed by atoms with Gasteiger partial charge in [0.2, 0.25) is 0 Å². The number of nitrogens with two attached hydrogens (primary N) is 1. The SMILES string of the molecule is Cc1ccc(Nc2c(N)ccnc2CCCN(C)C)cc1. The van der Waals surface area contributed by atoms with E-state index in [2.05, 4.69) is 60.5 Å². The van der Waals surface area contributed by atoms with Crippen LogP contribution in [0, 0.1) is 6.92 Å². The van der Waals surface area contributed by atoms with Crippen LogP contribution in [0.25, 0.3) is 0 Å². The van der Waals surface area contributed by atoms with E-state index in [1.54, 1.807) is 6.20 Å². The third kappa shape index (κ3) is 4.46. The molecule has 0 saturated carbocycles. The highest BCUT2D eigenvalue weighted by molar-refractivity contribution is 5.74. The lowest BCUT2D eigenvalue weighted by Gasteiger charge is -2.15. The molecular formula is C17H24N4. The molecule has 3 N–H and O–H groups in total. The van der Waals surface area contributed by atoms with Gasteiger partial charge in [-0.3, -0.25) is 4.98 Å². The number of hydrogen-bond acceptors (Lipinski definition) is 4. The first-order valence-electron chi connectivity index (χ1n) is 7.28. The molecule has 21 heavy (non-hydrogen) atoms. The molecule has 1 heterocycles. The number of aromatic nitrogens is 1. The third-order valence-corrected chi connectivity index (χ3v) is 3.40. The molecule has 4 nitrogen and oxygen atoms in total. The zero-order valence-corrected chi connectivity index (χ0v) is 13.1. The highest BCUT2D eigenvalue weighted by atomic mass is 15.0. The van der Waals surface area contributed by atoms with Crippen molar-refractivity contribution in [3.05, 3.63) is 47.8 Å². The monoisotopic (exact) mass is 284 g/mol. The summed E-state index contributed by atoms with van der Waals surface area (Å²) in [5, 5.41) is 3.41. The first-order chi connectivity index (χ1) is 10.1. The molecule has 4 heteroatoms. The largest absolute Gasteiger partial charge is 0.397 e. The number of hydrogen-bond donors (Lipinski definition) is 2. The van der Waals surface area contributed by atoms with Crippen LogP contribution in [0.15, 0.2) is 36.5 Å². The Kier molecular flexibility index (Phi) is 5.17. The second-order valence-electron chi connectivity index (χ2n) is 5.62. The van der Waals surface area contributed by atoms with E-state index in [4.69, 9.17) is 5.73 Å². The van der Waals surface area contributed by atoms with Gasteiger partial charge < -0.3 is 16.0 Å². The molecular weight excluding hydrogens is 260 g/mol. The van der Waals surface area contributed by atoms with Gasteiger partial charge in [0.1, 0.15) is 0 Å². The average molecular weight is 284 g/mol. The van der Waals surface area contributed by atoms with Gasteiger partial charge in [0.05, 0.1) is 17.1 Å². The van der Waals surface area contributed by atoms with Crippen LogP contribution in [-0.2, 0) is 6.42 Å². The van der Waals surface area contributed by atoms with Gasteiger partial charge in [-0.2, -0.15) is 0 Å². The lowest BCUT2D eigenvalue weighted by atomic mass is 10.1. The minimum Gasteiger partial charge on any atom is -0.397 e. The number of nitrogen functional groups attached to an aromatic ring is 1. The van der Waals surface area contributed by atoms with Crippen molar-refractivity contribution in [3.63, 3.8) is 0 Å². The van der Waals surface area contributed by atoms with Crippen LogP contribution in [0.1, 0.15) is 17.7 Å². The number of rotatable bonds is 6. The van der Waals surface area contributed by atoms with Gasteiger partial charge in [0.15, 0.2) is 0 Å². The van der Waals surface area contributed by atoms with Crippen LogP contribution < -0.4 is 11.1 Å². The average Bonchev–Trinajstić information content (AvgIpc) is 2.44.